The third-order valence-corrected chi connectivity index (χ3v) is 4.49. The summed E-state index contributed by atoms with van der Waals surface area (Å²) in [5.41, 5.74) is 4.61. The van der Waals surface area contributed by atoms with Crippen molar-refractivity contribution >= 4 is 34.4 Å². The molecule has 0 aliphatic rings. The van der Waals surface area contributed by atoms with Gasteiger partial charge in [0.1, 0.15) is 0 Å². The van der Waals surface area contributed by atoms with Crippen molar-refractivity contribution in [1.29, 1.82) is 0 Å². The Morgan fingerprint density at radius 2 is 1.36 bits per heavy atom. The number of thiocarbonyl (C=S) groups is 1. The van der Waals surface area contributed by atoms with Gasteiger partial charge in [-0.05, 0) is 80.9 Å². The molecule has 134 valence electrons. The van der Waals surface area contributed by atoms with E-state index in [0.717, 1.165) is 30.9 Å². The lowest BCUT2D eigenvalue weighted by molar-refractivity contribution is 0.795. The zero-order valence-corrected chi connectivity index (χ0v) is 16.3. The molecule has 0 unspecified atom stereocenters. The molecule has 0 aromatic heterocycles. The molecule has 2 aromatic carbocycles. The summed E-state index contributed by atoms with van der Waals surface area (Å²) >= 11 is 5.42. The van der Waals surface area contributed by atoms with E-state index in [1.807, 2.05) is 0 Å². The highest BCUT2D eigenvalue weighted by atomic mass is 32.1. The molecule has 0 amide bonds. The van der Waals surface area contributed by atoms with Crippen molar-refractivity contribution in [2.75, 3.05) is 28.6 Å². The van der Waals surface area contributed by atoms with Crippen LogP contribution < -0.4 is 15.5 Å². The molecule has 0 saturated carbocycles. The maximum atomic E-state index is 5.42. The van der Waals surface area contributed by atoms with Crippen molar-refractivity contribution in [3.05, 3.63) is 54.1 Å². The van der Waals surface area contributed by atoms with Crippen LogP contribution in [0.2, 0.25) is 0 Å². The molecule has 2 rings (SSSR count). The Hall–Kier alpha value is -2.07. The largest absolute Gasteiger partial charge is 0.372 e. The fourth-order valence-electron chi connectivity index (χ4n) is 2.77. The Morgan fingerprint density at radius 3 is 1.84 bits per heavy atom. The van der Waals surface area contributed by atoms with E-state index in [4.69, 9.17) is 12.2 Å². The summed E-state index contributed by atoms with van der Waals surface area (Å²) in [7, 11) is 0. The van der Waals surface area contributed by atoms with Crippen molar-refractivity contribution in [2.24, 2.45) is 0 Å². The predicted octanol–water partition coefficient (Wildman–Crippen LogP) is 5.68. The minimum Gasteiger partial charge on any atom is -0.372 e. The molecule has 3 nitrogen and oxygen atoms in total. The standard InChI is InChI=1S/C21H29N3S/c1-4-7-8-17-9-11-18(12-10-17)22-21(25)23-19-13-15-20(16-14-19)24(5-2)6-3/h9-16H,4-8H2,1-3H3,(H2,22,23,25). The Bertz CT molecular complexity index is 646. The molecule has 4 heteroatoms. The second-order valence-electron chi connectivity index (χ2n) is 6.10. The number of rotatable bonds is 8. The van der Waals surface area contributed by atoms with Crippen LogP contribution in [0.1, 0.15) is 39.2 Å². The van der Waals surface area contributed by atoms with Crippen LogP contribution in [0.5, 0.6) is 0 Å². The Kier molecular flexibility index (Phi) is 7.74. The highest BCUT2D eigenvalue weighted by Gasteiger charge is 2.03. The lowest BCUT2D eigenvalue weighted by atomic mass is 10.1. The maximum Gasteiger partial charge on any atom is 0.175 e. The Labute approximate surface area is 157 Å². The summed E-state index contributed by atoms with van der Waals surface area (Å²) in [6.45, 7) is 8.58. The van der Waals surface area contributed by atoms with E-state index in [1.54, 1.807) is 0 Å². The summed E-state index contributed by atoms with van der Waals surface area (Å²) in [6, 6.07) is 16.9. The summed E-state index contributed by atoms with van der Waals surface area (Å²) in [5, 5.41) is 7.09. The quantitative estimate of drug-likeness (QED) is 0.595. The van der Waals surface area contributed by atoms with Crippen LogP contribution in [-0.4, -0.2) is 18.2 Å². The lowest BCUT2D eigenvalue weighted by Gasteiger charge is -2.21. The summed E-state index contributed by atoms with van der Waals surface area (Å²) < 4.78 is 0. The van der Waals surface area contributed by atoms with Crippen LogP contribution in [0.4, 0.5) is 17.1 Å². The van der Waals surface area contributed by atoms with E-state index >= 15 is 0 Å². The third-order valence-electron chi connectivity index (χ3n) is 4.28. The van der Waals surface area contributed by atoms with Crippen LogP contribution in [0.3, 0.4) is 0 Å². The van der Waals surface area contributed by atoms with Gasteiger partial charge in [-0.25, -0.2) is 0 Å². The highest BCUT2D eigenvalue weighted by molar-refractivity contribution is 7.80. The molecule has 0 aliphatic carbocycles. The zero-order chi connectivity index (χ0) is 18.1. The van der Waals surface area contributed by atoms with E-state index in [1.165, 1.54) is 24.1 Å². The van der Waals surface area contributed by atoms with Crippen LogP contribution in [-0.2, 0) is 6.42 Å². The van der Waals surface area contributed by atoms with Crippen molar-refractivity contribution < 1.29 is 0 Å². The van der Waals surface area contributed by atoms with Gasteiger partial charge in [-0.2, -0.15) is 0 Å². The summed E-state index contributed by atoms with van der Waals surface area (Å²) in [5.74, 6) is 0. The van der Waals surface area contributed by atoms with E-state index < -0.39 is 0 Å². The second kappa shape index (κ2) is 10.0. The molecule has 0 saturated heterocycles. The van der Waals surface area contributed by atoms with Gasteiger partial charge in [-0.3, -0.25) is 0 Å². The molecule has 25 heavy (non-hydrogen) atoms. The number of aryl methyl sites for hydroxylation is 1. The monoisotopic (exact) mass is 355 g/mol. The van der Waals surface area contributed by atoms with Gasteiger partial charge >= 0.3 is 0 Å². The van der Waals surface area contributed by atoms with Gasteiger partial charge in [0, 0.05) is 30.2 Å². The number of hydrogen-bond acceptors (Lipinski definition) is 2. The molecular formula is C21H29N3S. The maximum absolute atomic E-state index is 5.42. The number of hydrogen-bond donors (Lipinski definition) is 2. The van der Waals surface area contributed by atoms with Crippen molar-refractivity contribution in [3.63, 3.8) is 0 Å². The second-order valence-corrected chi connectivity index (χ2v) is 6.51. The molecule has 0 radical (unpaired) electrons. The molecular weight excluding hydrogens is 326 g/mol. The number of anilines is 3. The SMILES string of the molecule is CCCCc1ccc(NC(=S)Nc2ccc(N(CC)CC)cc2)cc1. The minimum atomic E-state index is 0.608. The predicted molar refractivity (Wildman–Crippen MR) is 115 cm³/mol. The van der Waals surface area contributed by atoms with Gasteiger partial charge in [-0.15, -0.1) is 0 Å². The van der Waals surface area contributed by atoms with Gasteiger partial charge in [0.05, 0.1) is 0 Å². The van der Waals surface area contributed by atoms with Crippen LogP contribution >= 0.6 is 12.2 Å². The van der Waals surface area contributed by atoms with Crippen molar-refractivity contribution in [3.8, 4) is 0 Å². The molecule has 2 aromatic rings. The number of nitrogens with zero attached hydrogens (tertiary/aromatic N) is 1. The number of unbranched alkanes of at least 4 members (excludes halogenated alkanes) is 1. The smallest absolute Gasteiger partial charge is 0.175 e. The molecule has 0 bridgehead atoms. The molecule has 0 fully saturated rings. The first kappa shape index (κ1) is 19.3. The van der Waals surface area contributed by atoms with Crippen molar-refractivity contribution in [1.82, 2.24) is 0 Å². The van der Waals surface area contributed by atoms with Gasteiger partial charge in [-0.1, -0.05) is 25.5 Å². The molecule has 0 heterocycles. The van der Waals surface area contributed by atoms with Gasteiger partial charge < -0.3 is 15.5 Å². The topological polar surface area (TPSA) is 27.3 Å². The normalized spacial score (nSPS) is 10.4. The third kappa shape index (κ3) is 6.05. The first-order valence-electron chi connectivity index (χ1n) is 9.18. The van der Waals surface area contributed by atoms with Gasteiger partial charge in [0.2, 0.25) is 0 Å². The van der Waals surface area contributed by atoms with E-state index in [0.29, 0.717) is 5.11 Å². The van der Waals surface area contributed by atoms with E-state index in [9.17, 15) is 0 Å². The molecule has 0 spiro atoms. The van der Waals surface area contributed by atoms with Crippen molar-refractivity contribution in [2.45, 2.75) is 40.0 Å². The molecule has 0 aliphatic heterocycles. The minimum absolute atomic E-state index is 0.608. The fraction of sp³-hybridized carbons (Fsp3) is 0.381. The fourth-order valence-corrected chi connectivity index (χ4v) is 3.01. The number of nitrogens with one attached hydrogen (secondary N) is 2. The van der Waals surface area contributed by atoms with Gasteiger partial charge in [0.25, 0.3) is 0 Å². The van der Waals surface area contributed by atoms with E-state index in [-0.39, 0.29) is 0 Å². The van der Waals surface area contributed by atoms with E-state index in [2.05, 4.69) is 84.8 Å². The Balaban J connectivity index is 1.89. The zero-order valence-electron chi connectivity index (χ0n) is 15.5. The summed E-state index contributed by atoms with van der Waals surface area (Å²) in [6.07, 6.45) is 3.59. The highest BCUT2D eigenvalue weighted by Crippen LogP contribution is 2.18. The Morgan fingerprint density at radius 1 is 0.840 bits per heavy atom. The summed E-state index contributed by atoms with van der Waals surface area (Å²) in [4.78, 5) is 2.32. The molecule has 0 atom stereocenters. The van der Waals surface area contributed by atoms with Crippen LogP contribution in [0.15, 0.2) is 48.5 Å². The average Bonchev–Trinajstić information content (AvgIpc) is 2.63. The average molecular weight is 356 g/mol. The first-order valence-corrected chi connectivity index (χ1v) is 9.59. The number of benzene rings is 2. The first-order chi connectivity index (χ1) is 12.2. The van der Waals surface area contributed by atoms with Gasteiger partial charge in [0.15, 0.2) is 5.11 Å². The van der Waals surface area contributed by atoms with Crippen LogP contribution in [0.25, 0.3) is 0 Å². The molecule has 2 N–H and O–H groups in total. The van der Waals surface area contributed by atoms with Crippen LogP contribution in [0, 0.1) is 0 Å². The lowest BCUT2D eigenvalue weighted by Crippen LogP contribution is -2.22.